The Morgan fingerprint density at radius 3 is 2.73 bits per heavy atom. The summed E-state index contributed by atoms with van der Waals surface area (Å²) >= 11 is 0. The third kappa shape index (κ3) is 5.74. The summed E-state index contributed by atoms with van der Waals surface area (Å²) in [6, 6.07) is 12.9. The molecule has 2 atom stereocenters. The van der Waals surface area contributed by atoms with Crippen LogP contribution in [0.3, 0.4) is 0 Å². The van der Waals surface area contributed by atoms with Crippen LogP contribution >= 0.6 is 0 Å². The van der Waals surface area contributed by atoms with Crippen LogP contribution in [0.5, 0.6) is 5.75 Å². The second-order valence-electron chi connectivity index (χ2n) is 9.19. The second-order valence-corrected chi connectivity index (χ2v) is 9.19. The van der Waals surface area contributed by atoms with E-state index in [1.165, 1.54) is 25.3 Å². The number of benzene rings is 2. The molecule has 3 aromatic rings. The van der Waals surface area contributed by atoms with Crippen molar-refractivity contribution in [2.45, 2.75) is 51.4 Å². The highest BCUT2D eigenvalue weighted by atomic mass is 16.3. The molecule has 2 aromatic carbocycles. The molecule has 1 aromatic heterocycles. The first-order valence-corrected chi connectivity index (χ1v) is 11.7. The molecule has 1 unspecified atom stereocenters. The van der Waals surface area contributed by atoms with Gasteiger partial charge >= 0.3 is 0 Å². The smallest absolute Gasteiger partial charge is 0.267 e. The molecule has 33 heavy (non-hydrogen) atoms. The number of phenols is 1. The van der Waals surface area contributed by atoms with Crippen molar-refractivity contribution in [1.29, 1.82) is 0 Å². The lowest BCUT2D eigenvalue weighted by molar-refractivity contribution is 0.0935. The van der Waals surface area contributed by atoms with E-state index in [1.807, 2.05) is 12.1 Å². The van der Waals surface area contributed by atoms with Crippen LogP contribution in [0.1, 0.15) is 59.5 Å². The van der Waals surface area contributed by atoms with Crippen molar-refractivity contribution in [3.05, 3.63) is 64.8 Å². The molecule has 0 aliphatic heterocycles. The van der Waals surface area contributed by atoms with Gasteiger partial charge in [-0.3, -0.25) is 4.79 Å². The maximum absolute atomic E-state index is 12.4. The average molecular weight is 452 g/mol. The van der Waals surface area contributed by atoms with E-state index < -0.39 is 6.10 Å². The molecular weight excluding hydrogens is 418 g/mol. The number of carbonyl (C=O) groups is 1. The number of aliphatic hydroxyl groups is 2. The van der Waals surface area contributed by atoms with Crippen LogP contribution in [-0.2, 0) is 13.0 Å². The Labute approximate surface area is 193 Å². The van der Waals surface area contributed by atoms with Gasteiger partial charge in [0.05, 0.1) is 12.7 Å². The van der Waals surface area contributed by atoms with Gasteiger partial charge in [-0.1, -0.05) is 18.6 Å². The number of H-pyrrole nitrogens is 1. The Morgan fingerprint density at radius 2 is 2.00 bits per heavy atom. The number of nitrogens with one attached hydrogen (secondary N) is 3. The molecule has 1 aliphatic rings. The van der Waals surface area contributed by atoms with Crippen molar-refractivity contribution in [2.24, 2.45) is 5.92 Å². The lowest BCUT2D eigenvalue weighted by Gasteiger charge is -2.25. The van der Waals surface area contributed by atoms with E-state index >= 15 is 0 Å². The van der Waals surface area contributed by atoms with Crippen molar-refractivity contribution >= 4 is 16.8 Å². The first-order chi connectivity index (χ1) is 15.9. The van der Waals surface area contributed by atoms with Crippen molar-refractivity contribution in [3.63, 3.8) is 0 Å². The third-order valence-electron chi connectivity index (χ3n) is 6.57. The Morgan fingerprint density at radius 1 is 1.18 bits per heavy atom. The maximum Gasteiger partial charge on any atom is 0.267 e. The van der Waals surface area contributed by atoms with E-state index in [0.29, 0.717) is 29.3 Å². The number of aromatic hydroxyl groups is 1. The van der Waals surface area contributed by atoms with Gasteiger partial charge < -0.3 is 30.9 Å². The standard InChI is InChI=1S/C26H33N3O4/c1-16(27-14-25(32)19-6-8-24(31)21(11-19)15-30)9-18-5-7-22-20(10-18)12-23(29-22)26(33)28-13-17-3-2-4-17/h5-8,10-12,16-17,25,27,29-32H,2-4,9,13-15H2,1H3,(H,28,33)/t16-,25?/m1/s1. The molecule has 0 saturated heterocycles. The lowest BCUT2D eigenvalue weighted by atomic mass is 9.85. The molecule has 176 valence electrons. The Balaban J connectivity index is 1.31. The summed E-state index contributed by atoms with van der Waals surface area (Å²) in [5.41, 5.74) is 3.72. The molecule has 1 fully saturated rings. The summed E-state index contributed by atoms with van der Waals surface area (Å²) in [6.07, 6.45) is 3.71. The SMILES string of the molecule is C[C@H](Cc1ccc2[nH]c(C(=O)NCC3CCC3)cc2c1)NCC(O)c1ccc(O)c(CO)c1. The van der Waals surface area contributed by atoms with Crippen LogP contribution in [-0.4, -0.2) is 45.3 Å². The zero-order valence-electron chi connectivity index (χ0n) is 19.0. The Hall–Kier alpha value is -2.87. The van der Waals surface area contributed by atoms with Gasteiger partial charge in [-0.05, 0) is 73.6 Å². The number of amides is 1. The molecule has 1 heterocycles. The first-order valence-electron chi connectivity index (χ1n) is 11.7. The van der Waals surface area contributed by atoms with Crippen LogP contribution in [0.2, 0.25) is 0 Å². The molecular formula is C26H33N3O4. The minimum absolute atomic E-state index is 0.0222. The topological polar surface area (TPSA) is 118 Å². The normalized spacial score (nSPS) is 15.8. The average Bonchev–Trinajstić information content (AvgIpc) is 3.20. The van der Waals surface area contributed by atoms with Crippen molar-refractivity contribution < 1.29 is 20.1 Å². The van der Waals surface area contributed by atoms with Gasteiger partial charge in [0.1, 0.15) is 11.4 Å². The Kier molecular flexibility index (Phi) is 7.33. The van der Waals surface area contributed by atoms with E-state index in [-0.39, 0.29) is 24.3 Å². The van der Waals surface area contributed by atoms with Gasteiger partial charge in [0, 0.05) is 35.6 Å². The minimum atomic E-state index is -0.744. The molecule has 0 radical (unpaired) electrons. The lowest BCUT2D eigenvalue weighted by Crippen LogP contribution is -2.32. The molecule has 1 aliphatic carbocycles. The van der Waals surface area contributed by atoms with Crippen LogP contribution in [0, 0.1) is 5.92 Å². The van der Waals surface area contributed by atoms with E-state index in [4.69, 9.17) is 0 Å². The highest BCUT2D eigenvalue weighted by molar-refractivity contribution is 5.98. The molecule has 6 N–H and O–H groups in total. The van der Waals surface area contributed by atoms with Gasteiger partial charge in [0.15, 0.2) is 0 Å². The van der Waals surface area contributed by atoms with Gasteiger partial charge in [-0.15, -0.1) is 0 Å². The number of aliphatic hydroxyl groups excluding tert-OH is 2. The first kappa shape index (κ1) is 23.3. The number of aromatic amines is 1. The predicted octanol–water partition coefficient (Wildman–Crippen LogP) is 3.15. The van der Waals surface area contributed by atoms with Gasteiger partial charge in [-0.2, -0.15) is 0 Å². The van der Waals surface area contributed by atoms with Gasteiger partial charge in [0.2, 0.25) is 0 Å². The number of aromatic nitrogens is 1. The highest BCUT2D eigenvalue weighted by Crippen LogP contribution is 2.25. The molecule has 0 spiro atoms. The number of hydrogen-bond donors (Lipinski definition) is 6. The molecule has 4 rings (SSSR count). The molecule has 0 bridgehead atoms. The fraction of sp³-hybridized carbons (Fsp3) is 0.423. The number of hydrogen-bond acceptors (Lipinski definition) is 5. The summed E-state index contributed by atoms with van der Waals surface area (Å²) in [7, 11) is 0. The summed E-state index contributed by atoms with van der Waals surface area (Å²) in [4.78, 5) is 15.7. The number of fused-ring (bicyclic) bond motifs is 1. The molecule has 1 saturated carbocycles. The Bertz CT molecular complexity index is 1110. The fourth-order valence-electron chi connectivity index (χ4n) is 4.26. The van der Waals surface area contributed by atoms with E-state index in [9.17, 15) is 20.1 Å². The summed E-state index contributed by atoms with van der Waals surface area (Å²) < 4.78 is 0. The van der Waals surface area contributed by atoms with Crippen LogP contribution in [0.25, 0.3) is 10.9 Å². The third-order valence-corrected chi connectivity index (χ3v) is 6.57. The van der Waals surface area contributed by atoms with E-state index in [1.54, 1.807) is 12.1 Å². The number of rotatable bonds is 10. The molecule has 7 heteroatoms. The largest absolute Gasteiger partial charge is 0.508 e. The zero-order chi connectivity index (χ0) is 23.4. The van der Waals surface area contributed by atoms with Crippen LogP contribution in [0.15, 0.2) is 42.5 Å². The maximum atomic E-state index is 12.4. The summed E-state index contributed by atoms with van der Waals surface area (Å²) in [6.45, 7) is 2.89. The van der Waals surface area contributed by atoms with Crippen LogP contribution in [0.4, 0.5) is 0 Å². The summed E-state index contributed by atoms with van der Waals surface area (Å²) in [5.74, 6) is 0.597. The predicted molar refractivity (Wildman–Crippen MR) is 128 cm³/mol. The summed E-state index contributed by atoms with van der Waals surface area (Å²) in [5, 5.41) is 36.8. The minimum Gasteiger partial charge on any atom is -0.508 e. The molecule has 1 amide bonds. The zero-order valence-corrected chi connectivity index (χ0v) is 19.0. The second kappa shape index (κ2) is 10.4. The van der Waals surface area contributed by atoms with Gasteiger partial charge in [0.25, 0.3) is 5.91 Å². The fourth-order valence-corrected chi connectivity index (χ4v) is 4.26. The number of carbonyl (C=O) groups excluding carboxylic acids is 1. The van der Waals surface area contributed by atoms with Crippen LogP contribution < -0.4 is 10.6 Å². The highest BCUT2D eigenvalue weighted by Gasteiger charge is 2.19. The quantitative estimate of drug-likeness (QED) is 0.283. The van der Waals surface area contributed by atoms with Gasteiger partial charge in [-0.25, -0.2) is 0 Å². The van der Waals surface area contributed by atoms with Crippen molar-refractivity contribution in [1.82, 2.24) is 15.6 Å². The van der Waals surface area contributed by atoms with Crippen molar-refractivity contribution in [3.8, 4) is 5.75 Å². The van der Waals surface area contributed by atoms with Crippen molar-refractivity contribution in [2.75, 3.05) is 13.1 Å². The molecule has 7 nitrogen and oxygen atoms in total. The monoisotopic (exact) mass is 451 g/mol. The van der Waals surface area contributed by atoms with E-state index in [0.717, 1.165) is 29.4 Å². The van der Waals surface area contributed by atoms with E-state index in [2.05, 4.69) is 34.7 Å².